The summed E-state index contributed by atoms with van der Waals surface area (Å²) in [6.45, 7) is 0.384. The van der Waals surface area contributed by atoms with Gasteiger partial charge in [0, 0.05) is 35.0 Å². The van der Waals surface area contributed by atoms with Crippen molar-refractivity contribution >= 4 is 27.3 Å². The lowest BCUT2D eigenvalue weighted by atomic mass is 10.2. The third-order valence-corrected chi connectivity index (χ3v) is 2.88. The predicted octanol–water partition coefficient (Wildman–Crippen LogP) is 3.36. The van der Waals surface area contributed by atoms with Crippen molar-refractivity contribution in [2.24, 2.45) is 0 Å². The van der Waals surface area contributed by atoms with Gasteiger partial charge in [-0.05, 0) is 24.3 Å². The molecule has 0 aliphatic carbocycles. The summed E-state index contributed by atoms with van der Waals surface area (Å²) >= 11 is 3.23. The molecule has 2 aromatic rings. The minimum Gasteiger partial charge on any atom is -0.379 e. The van der Waals surface area contributed by atoms with Crippen LogP contribution in [0.2, 0.25) is 0 Å². The first-order valence-electron chi connectivity index (χ1n) is 5.23. The number of nitrogens with one attached hydrogen (secondary N) is 1. The standard InChI is InChI=1S/C12H10BrN3O2/c13-10-4-3-9(12(6-10)16(17)18)7-15-11-2-1-5-14-8-11/h1-6,8,15H,7H2. The van der Waals surface area contributed by atoms with Crippen molar-refractivity contribution in [2.75, 3.05) is 5.32 Å². The van der Waals surface area contributed by atoms with Crippen LogP contribution in [0.4, 0.5) is 11.4 Å². The molecule has 2 rings (SSSR count). The molecule has 18 heavy (non-hydrogen) atoms. The summed E-state index contributed by atoms with van der Waals surface area (Å²) in [6.07, 6.45) is 3.35. The van der Waals surface area contributed by atoms with Crippen LogP contribution in [-0.2, 0) is 6.54 Å². The summed E-state index contributed by atoms with van der Waals surface area (Å²) in [4.78, 5) is 14.5. The van der Waals surface area contributed by atoms with E-state index >= 15 is 0 Å². The van der Waals surface area contributed by atoms with Crippen LogP contribution in [-0.4, -0.2) is 9.91 Å². The molecule has 0 radical (unpaired) electrons. The van der Waals surface area contributed by atoms with Gasteiger partial charge < -0.3 is 5.32 Å². The number of nitro benzene ring substituents is 1. The average molecular weight is 308 g/mol. The highest BCUT2D eigenvalue weighted by Crippen LogP contribution is 2.24. The van der Waals surface area contributed by atoms with E-state index in [1.54, 1.807) is 30.6 Å². The maximum atomic E-state index is 10.9. The van der Waals surface area contributed by atoms with Crippen LogP contribution in [0.15, 0.2) is 47.2 Å². The number of pyridine rings is 1. The molecule has 0 spiro atoms. The van der Waals surface area contributed by atoms with E-state index in [2.05, 4.69) is 26.2 Å². The number of benzene rings is 1. The van der Waals surface area contributed by atoms with Gasteiger partial charge in [0.2, 0.25) is 0 Å². The van der Waals surface area contributed by atoms with Gasteiger partial charge in [0.05, 0.1) is 10.6 Å². The lowest BCUT2D eigenvalue weighted by Gasteiger charge is -2.06. The maximum absolute atomic E-state index is 10.9. The Morgan fingerprint density at radius 3 is 2.89 bits per heavy atom. The van der Waals surface area contributed by atoms with E-state index in [4.69, 9.17) is 0 Å². The zero-order valence-corrected chi connectivity index (χ0v) is 10.9. The normalized spacial score (nSPS) is 10.1. The lowest BCUT2D eigenvalue weighted by molar-refractivity contribution is -0.385. The molecule has 0 unspecified atom stereocenters. The highest BCUT2D eigenvalue weighted by molar-refractivity contribution is 9.10. The van der Waals surface area contributed by atoms with Gasteiger partial charge in [-0.25, -0.2) is 0 Å². The number of halogens is 1. The van der Waals surface area contributed by atoms with Crippen molar-refractivity contribution < 1.29 is 4.92 Å². The smallest absolute Gasteiger partial charge is 0.275 e. The summed E-state index contributed by atoms with van der Waals surface area (Å²) in [5.74, 6) is 0. The van der Waals surface area contributed by atoms with Crippen LogP contribution < -0.4 is 5.32 Å². The molecule has 5 nitrogen and oxygen atoms in total. The molecule has 0 fully saturated rings. The van der Waals surface area contributed by atoms with Gasteiger partial charge in [-0.1, -0.05) is 15.9 Å². The van der Waals surface area contributed by atoms with Crippen molar-refractivity contribution in [2.45, 2.75) is 6.54 Å². The molecule has 1 aromatic carbocycles. The van der Waals surface area contributed by atoms with Crippen molar-refractivity contribution in [3.8, 4) is 0 Å². The number of nitro groups is 1. The molecule has 1 N–H and O–H groups in total. The Balaban J connectivity index is 2.17. The maximum Gasteiger partial charge on any atom is 0.275 e. The SMILES string of the molecule is O=[N+]([O-])c1cc(Br)ccc1CNc1cccnc1. The van der Waals surface area contributed by atoms with E-state index < -0.39 is 0 Å². The van der Waals surface area contributed by atoms with Crippen molar-refractivity contribution in [1.82, 2.24) is 4.98 Å². The second-order valence-electron chi connectivity index (χ2n) is 3.63. The third kappa shape index (κ3) is 3.04. The fraction of sp³-hybridized carbons (Fsp3) is 0.0833. The topological polar surface area (TPSA) is 68.1 Å². The summed E-state index contributed by atoms with van der Waals surface area (Å²) in [5.41, 5.74) is 1.56. The summed E-state index contributed by atoms with van der Waals surface area (Å²) < 4.78 is 0.694. The molecule has 1 heterocycles. The largest absolute Gasteiger partial charge is 0.379 e. The Labute approximate surface area is 112 Å². The number of hydrogen-bond acceptors (Lipinski definition) is 4. The fourth-order valence-electron chi connectivity index (χ4n) is 1.52. The fourth-order valence-corrected chi connectivity index (χ4v) is 1.87. The molecule has 6 heteroatoms. The average Bonchev–Trinajstić information content (AvgIpc) is 2.38. The Bertz CT molecular complexity index is 561. The van der Waals surface area contributed by atoms with Crippen molar-refractivity contribution in [3.05, 3.63) is 62.9 Å². The Hall–Kier alpha value is -1.95. The highest BCUT2D eigenvalue weighted by Gasteiger charge is 2.13. The van der Waals surface area contributed by atoms with Crippen molar-refractivity contribution in [1.29, 1.82) is 0 Å². The van der Waals surface area contributed by atoms with Gasteiger partial charge in [0.25, 0.3) is 5.69 Å². The van der Waals surface area contributed by atoms with Gasteiger partial charge >= 0.3 is 0 Å². The molecule has 1 aromatic heterocycles. The number of rotatable bonds is 4. The Kier molecular flexibility index (Phi) is 3.88. The first kappa shape index (κ1) is 12.5. The van der Waals surface area contributed by atoms with Gasteiger partial charge in [0.1, 0.15) is 0 Å². The summed E-state index contributed by atoms with van der Waals surface area (Å²) in [7, 11) is 0. The first-order valence-corrected chi connectivity index (χ1v) is 6.03. The van der Waals surface area contributed by atoms with E-state index in [1.807, 2.05) is 6.07 Å². The second kappa shape index (κ2) is 5.59. The van der Waals surface area contributed by atoms with Gasteiger partial charge in [0.15, 0.2) is 0 Å². The number of aromatic nitrogens is 1. The van der Waals surface area contributed by atoms with Gasteiger partial charge in [-0.3, -0.25) is 15.1 Å². The first-order chi connectivity index (χ1) is 8.66. The van der Waals surface area contributed by atoms with Crippen LogP contribution in [0, 0.1) is 10.1 Å². The Morgan fingerprint density at radius 1 is 1.39 bits per heavy atom. The van der Waals surface area contributed by atoms with E-state index in [0.29, 0.717) is 16.6 Å². The zero-order chi connectivity index (χ0) is 13.0. The third-order valence-electron chi connectivity index (χ3n) is 2.39. The van der Waals surface area contributed by atoms with E-state index in [0.717, 1.165) is 5.69 Å². The van der Waals surface area contributed by atoms with E-state index in [1.165, 1.54) is 6.07 Å². The molecule has 0 aliphatic rings. The molecule has 0 saturated carbocycles. The minimum atomic E-state index is -0.384. The van der Waals surface area contributed by atoms with E-state index in [-0.39, 0.29) is 10.6 Å². The molecular weight excluding hydrogens is 298 g/mol. The van der Waals surface area contributed by atoms with Crippen molar-refractivity contribution in [3.63, 3.8) is 0 Å². The van der Waals surface area contributed by atoms with Crippen LogP contribution >= 0.6 is 15.9 Å². The Morgan fingerprint density at radius 2 is 2.22 bits per heavy atom. The van der Waals surface area contributed by atoms with Crippen LogP contribution in [0.25, 0.3) is 0 Å². The zero-order valence-electron chi connectivity index (χ0n) is 9.34. The van der Waals surface area contributed by atoms with Gasteiger partial charge in [-0.15, -0.1) is 0 Å². The second-order valence-corrected chi connectivity index (χ2v) is 4.54. The summed E-state index contributed by atoms with van der Waals surface area (Å²) in [6, 6.07) is 8.68. The molecule has 0 amide bonds. The number of hydrogen-bond donors (Lipinski definition) is 1. The molecule has 0 bridgehead atoms. The van der Waals surface area contributed by atoms with Crippen LogP contribution in [0.3, 0.4) is 0 Å². The highest BCUT2D eigenvalue weighted by atomic mass is 79.9. The predicted molar refractivity (Wildman–Crippen MR) is 72.4 cm³/mol. The quantitative estimate of drug-likeness (QED) is 0.694. The van der Waals surface area contributed by atoms with Crippen LogP contribution in [0.5, 0.6) is 0 Å². The van der Waals surface area contributed by atoms with E-state index in [9.17, 15) is 10.1 Å². The number of anilines is 1. The van der Waals surface area contributed by atoms with Crippen LogP contribution in [0.1, 0.15) is 5.56 Å². The molecule has 92 valence electrons. The molecule has 0 atom stereocenters. The number of nitrogens with zero attached hydrogens (tertiary/aromatic N) is 2. The summed E-state index contributed by atoms with van der Waals surface area (Å²) in [5, 5.41) is 14.0. The van der Waals surface area contributed by atoms with Gasteiger partial charge in [-0.2, -0.15) is 0 Å². The molecule has 0 saturated heterocycles. The molecular formula is C12H10BrN3O2. The minimum absolute atomic E-state index is 0.0979. The monoisotopic (exact) mass is 307 g/mol. The molecule has 0 aliphatic heterocycles. The lowest BCUT2D eigenvalue weighted by Crippen LogP contribution is -2.03.